The number of halogens is 1. The Morgan fingerprint density at radius 1 is 1.08 bits per heavy atom. The summed E-state index contributed by atoms with van der Waals surface area (Å²) in [5.41, 5.74) is 10.3. The summed E-state index contributed by atoms with van der Waals surface area (Å²) in [5, 5.41) is 4.56. The highest BCUT2D eigenvalue weighted by atomic mass is 35.5. The van der Waals surface area contributed by atoms with Crippen LogP contribution in [-0.4, -0.2) is 37.1 Å². The van der Waals surface area contributed by atoms with E-state index < -0.39 is 0 Å². The van der Waals surface area contributed by atoms with Gasteiger partial charge in [-0.05, 0) is 50.7 Å². The minimum absolute atomic E-state index is 0.0169. The van der Waals surface area contributed by atoms with Crippen LogP contribution in [0.2, 0.25) is 5.02 Å². The van der Waals surface area contributed by atoms with Crippen molar-refractivity contribution >= 4 is 28.6 Å². The van der Waals surface area contributed by atoms with E-state index >= 15 is 0 Å². The van der Waals surface area contributed by atoms with E-state index in [1.165, 1.54) is 0 Å². The smallest absolute Gasteiger partial charge is 0.260 e. The fourth-order valence-electron chi connectivity index (χ4n) is 4.89. The molecule has 37 heavy (non-hydrogen) atoms. The molecule has 0 radical (unpaired) electrons. The summed E-state index contributed by atoms with van der Waals surface area (Å²) in [6.07, 6.45) is 8.61. The second kappa shape index (κ2) is 10.6. The van der Waals surface area contributed by atoms with Gasteiger partial charge in [0.05, 0.1) is 17.6 Å². The van der Waals surface area contributed by atoms with Crippen LogP contribution in [0.3, 0.4) is 0 Å². The number of anilines is 1. The minimum Gasteiger partial charge on any atom is -0.354 e. The van der Waals surface area contributed by atoms with Gasteiger partial charge in [0.25, 0.3) is 5.56 Å². The number of aryl methyl sites for hydroxylation is 1. The lowest BCUT2D eigenvalue weighted by atomic mass is 9.91. The number of hydrogen-bond donors (Lipinski definition) is 2. The van der Waals surface area contributed by atoms with Gasteiger partial charge in [-0.1, -0.05) is 37.6 Å². The van der Waals surface area contributed by atoms with Crippen LogP contribution in [0.25, 0.3) is 33.4 Å². The molecule has 192 valence electrons. The van der Waals surface area contributed by atoms with Gasteiger partial charge in [0.2, 0.25) is 5.95 Å². The van der Waals surface area contributed by atoms with E-state index in [2.05, 4.69) is 34.1 Å². The monoisotopic (exact) mass is 517 g/mol. The predicted octanol–water partition coefficient (Wildman–Crippen LogP) is 5.39. The van der Waals surface area contributed by atoms with Crippen molar-refractivity contribution in [2.24, 2.45) is 11.7 Å². The summed E-state index contributed by atoms with van der Waals surface area (Å²) in [6, 6.07) is 7.68. The van der Waals surface area contributed by atoms with Gasteiger partial charge in [-0.3, -0.25) is 14.3 Å². The van der Waals surface area contributed by atoms with Crippen LogP contribution in [0.5, 0.6) is 0 Å². The van der Waals surface area contributed by atoms with Gasteiger partial charge in [-0.15, -0.1) is 0 Å². The molecule has 0 amide bonds. The van der Waals surface area contributed by atoms with E-state index in [0.717, 1.165) is 54.6 Å². The molecule has 1 aliphatic rings. The normalized spacial score (nSPS) is 17.9. The second-order valence-corrected chi connectivity index (χ2v) is 10.7. The van der Waals surface area contributed by atoms with Crippen LogP contribution >= 0.6 is 11.6 Å². The molecule has 0 bridgehead atoms. The Morgan fingerprint density at radius 2 is 1.86 bits per heavy atom. The fourth-order valence-corrected chi connectivity index (χ4v) is 5.17. The lowest BCUT2D eigenvalue weighted by molar-refractivity contribution is 0.324. The van der Waals surface area contributed by atoms with E-state index in [4.69, 9.17) is 22.3 Å². The molecular weight excluding hydrogens is 486 g/mol. The number of aromatic nitrogens is 5. The third kappa shape index (κ3) is 5.36. The quantitative estimate of drug-likeness (QED) is 0.352. The first kappa shape index (κ1) is 25.3. The van der Waals surface area contributed by atoms with Gasteiger partial charge in [0, 0.05) is 58.1 Å². The Balaban J connectivity index is 1.63. The molecule has 8 nitrogen and oxygen atoms in total. The highest BCUT2D eigenvalue weighted by Crippen LogP contribution is 2.34. The van der Waals surface area contributed by atoms with Crippen molar-refractivity contribution in [2.75, 3.05) is 11.9 Å². The fraction of sp³-hybridized carbons (Fsp3) is 0.393. The third-order valence-corrected chi connectivity index (χ3v) is 7.17. The van der Waals surface area contributed by atoms with Crippen molar-refractivity contribution in [1.82, 2.24) is 24.5 Å². The maximum Gasteiger partial charge on any atom is 0.260 e. The van der Waals surface area contributed by atoms with E-state index in [9.17, 15) is 4.79 Å². The molecule has 3 aromatic heterocycles. The van der Waals surface area contributed by atoms with Crippen LogP contribution in [0.4, 0.5) is 5.95 Å². The molecule has 1 aliphatic carbocycles. The molecule has 3 heterocycles. The number of nitrogens with two attached hydrogens (primary N) is 1. The molecule has 1 fully saturated rings. The molecule has 9 heteroatoms. The number of rotatable bonds is 6. The maximum atomic E-state index is 14.1. The van der Waals surface area contributed by atoms with Crippen molar-refractivity contribution in [1.29, 1.82) is 0 Å². The topological polar surface area (TPSA) is 112 Å². The Bertz CT molecular complexity index is 1490. The maximum absolute atomic E-state index is 14.1. The van der Waals surface area contributed by atoms with Crippen molar-refractivity contribution in [3.05, 3.63) is 63.9 Å². The van der Waals surface area contributed by atoms with E-state index in [1.54, 1.807) is 18.6 Å². The van der Waals surface area contributed by atoms with Gasteiger partial charge in [-0.2, -0.15) is 4.98 Å². The van der Waals surface area contributed by atoms with Gasteiger partial charge in [0.15, 0.2) is 0 Å². The zero-order valence-corrected chi connectivity index (χ0v) is 22.2. The van der Waals surface area contributed by atoms with Crippen molar-refractivity contribution in [2.45, 2.75) is 58.5 Å². The molecule has 5 rings (SSSR count). The Labute approximate surface area is 221 Å². The number of pyridine rings is 1. The van der Waals surface area contributed by atoms with Crippen LogP contribution < -0.4 is 16.6 Å². The van der Waals surface area contributed by atoms with Crippen molar-refractivity contribution < 1.29 is 0 Å². The predicted molar refractivity (Wildman–Crippen MR) is 149 cm³/mol. The summed E-state index contributed by atoms with van der Waals surface area (Å²) in [6.45, 7) is 6.90. The molecule has 1 saturated carbocycles. The highest BCUT2D eigenvalue weighted by Gasteiger charge is 2.25. The SMILES string of the molecule is Cc1cncc(-c2ccc(-c3cc4cnc(NCC(C)C)nc4n([C@H]4CC[C@H](N)CC4)c3=O)c(Cl)c2)n1. The largest absolute Gasteiger partial charge is 0.354 e. The van der Waals surface area contributed by atoms with Gasteiger partial charge >= 0.3 is 0 Å². The second-order valence-electron chi connectivity index (χ2n) is 10.3. The Kier molecular flexibility index (Phi) is 7.22. The van der Waals surface area contributed by atoms with Crippen molar-refractivity contribution in [3.63, 3.8) is 0 Å². The summed E-state index contributed by atoms with van der Waals surface area (Å²) in [5.74, 6) is 0.968. The number of benzene rings is 1. The minimum atomic E-state index is -0.105. The summed E-state index contributed by atoms with van der Waals surface area (Å²) >= 11 is 6.78. The van der Waals surface area contributed by atoms with Gasteiger partial charge in [0.1, 0.15) is 5.65 Å². The van der Waals surface area contributed by atoms with E-state index in [-0.39, 0.29) is 17.6 Å². The molecule has 0 saturated heterocycles. The lowest BCUT2D eigenvalue weighted by Crippen LogP contribution is -2.33. The lowest BCUT2D eigenvalue weighted by Gasteiger charge is -2.29. The standard InChI is InChI=1S/C28H32ClN7O/c1-16(2)12-32-28-33-14-19-10-23(27(37)36(26(19)35-28)21-7-5-20(30)6-8-21)22-9-4-18(11-24(22)29)25-15-31-13-17(3)34-25/h4,9-11,13-16,20-21H,5-8,12,30H2,1-3H3,(H,32,33,35)/t20-,21-. The average Bonchev–Trinajstić information content (AvgIpc) is 2.88. The summed E-state index contributed by atoms with van der Waals surface area (Å²) < 4.78 is 1.84. The molecular formula is C28H32ClN7O. The molecule has 3 N–H and O–H groups in total. The molecule has 0 spiro atoms. The summed E-state index contributed by atoms with van der Waals surface area (Å²) in [4.78, 5) is 32.1. The van der Waals surface area contributed by atoms with Gasteiger partial charge in [-0.25, -0.2) is 9.97 Å². The number of fused-ring (bicyclic) bond motifs is 1. The number of hydrogen-bond acceptors (Lipinski definition) is 7. The first-order valence-corrected chi connectivity index (χ1v) is 13.2. The Hall–Kier alpha value is -3.36. The van der Waals surface area contributed by atoms with Crippen molar-refractivity contribution in [3.8, 4) is 22.4 Å². The first-order valence-electron chi connectivity index (χ1n) is 12.8. The first-order chi connectivity index (χ1) is 17.8. The van der Waals surface area contributed by atoms with Crippen LogP contribution in [0.15, 0.2) is 47.7 Å². The molecule has 0 aliphatic heterocycles. The zero-order chi connectivity index (χ0) is 26.1. The highest BCUT2D eigenvalue weighted by molar-refractivity contribution is 6.33. The average molecular weight is 518 g/mol. The molecule has 0 unspecified atom stereocenters. The Morgan fingerprint density at radius 3 is 2.57 bits per heavy atom. The zero-order valence-electron chi connectivity index (χ0n) is 21.4. The van der Waals surface area contributed by atoms with Crippen LogP contribution in [0.1, 0.15) is 51.3 Å². The molecule has 0 atom stereocenters. The summed E-state index contributed by atoms with van der Waals surface area (Å²) in [7, 11) is 0. The molecule has 1 aromatic carbocycles. The number of nitrogens with zero attached hydrogens (tertiary/aromatic N) is 5. The number of nitrogens with one attached hydrogen (secondary N) is 1. The molecule has 4 aromatic rings. The van der Waals surface area contributed by atoms with E-state index in [1.807, 2.05) is 35.8 Å². The third-order valence-electron chi connectivity index (χ3n) is 6.86. The van der Waals surface area contributed by atoms with Gasteiger partial charge < -0.3 is 11.1 Å². The van der Waals surface area contributed by atoms with Crippen LogP contribution in [0, 0.1) is 12.8 Å². The van der Waals surface area contributed by atoms with E-state index in [0.29, 0.717) is 33.7 Å². The van der Waals surface area contributed by atoms with Crippen LogP contribution in [-0.2, 0) is 0 Å².